The average Bonchev–Trinajstić information content (AvgIpc) is 2.31. The molecule has 0 aliphatic rings. The maximum atomic E-state index is 6.14. The molecule has 0 aliphatic carbocycles. The predicted octanol–water partition coefficient (Wildman–Crippen LogP) is 3.97. The summed E-state index contributed by atoms with van der Waals surface area (Å²) < 4.78 is 5.89. The number of hydrogen-bond donors (Lipinski definition) is 1. The van der Waals surface area contributed by atoms with Crippen molar-refractivity contribution >= 4 is 11.6 Å². The lowest BCUT2D eigenvalue weighted by atomic mass is 9.95. The molecule has 0 saturated carbocycles. The van der Waals surface area contributed by atoms with E-state index in [4.69, 9.17) is 16.3 Å². The van der Waals surface area contributed by atoms with Crippen molar-refractivity contribution in [2.75, 3.05) is 19.7 Å². The standard InChI is InChI=1S/C15H24ClNO/c1-6-17-9-15(4,5)10-18-13-7-11(2)14(16)12(3)8-13/h7-8,17H,6,9-10H2,1-5H3. The average molecular weight is 270 g/mol. The highest BCUT2D eigenvalue weighted by molar-refractivity contribution is 6.32. The molecule has 18 heavy (non-hydrogen) atoms. The third-order valence-corrected chi connectivity index (χ3v) is 3.49. The van der Waals surface area contributed by atoms with Crippen LogP contribution in [0.1, 0.15) is 31.9 Å². The van der Waals surface area contributed by atoms with Crippen molar-refractivity contribution in [3.63, 3.8) is 0 Å². The van der Waals surface area contributed by atoms with Gasteiger partial charge in [0.1, 0.15) is 5.75 Å². The van der Waals surface area contributed by atoms with Gasteiger partial charge in [-0.15, -0.1) is 0 Å². The SMILES string of the molecule is CCNCC(C)(C)COc1cc(C)c(Cl)c(C)c1. The molecule has 0 aliphatic heterocycles. The van der Waals surface area contributed by atoms with E-state index >= 15 is 0 Å². The van der Waals surface area contributed by atoms with Gasteiger partial charge in [0.25, 0.3) is 0 Å². The van der Waals surface area contributed by atoms with Crippen molar-refractivity contribution in [1.82, 2.24) is 5.32 Å². The molecule has 0 heterocycles. The van der Waals surface area contributed by atoms with Crippen molar-refractivity contribution in [3.05, 3.63) is 28.3 Å². The molecule has 1 aromatic rings. The van der Waals surface area contributed by atoms with E-state index in [2.05, 4.69) is 26.1 Å². The molecule has 1 N–H and O–H groups in total. The highest BCUT2D eigenvalue weighted by Gasteiger charge is 2.18. The largest absolute Gasteiger partial charge is 0.493 e. The predicted molar refractivity (Wildman–Crippen MR) is 78.7 cm³/mol. The normalized spacial score (nSPS) is 11.7. The number of nitrogens with one attached hydrogen (secondary N) is 1. The van der Waals surface area contributed by atoms with Crippen LogP contribution in [0.2, 0.25) is 5.02 Å². The molecule has 2 nitrogen and oxygen atoms in total. The van der Waals surface area contributed by atoms with Crippen molar-refractivity contribution in [3.8, 4) is 5.75 Å². The molecule has 102 valence electrons. The molecule has 0 radical (unpaired) electrons. The van der Waals surface area contributed by atoms with Crippen LogP contribution in [0.3, 0.4) is 0 Å². The van der Waals surface area contributed by atoms with Crippen LogP contribution in [0.25, 0.3) is 0 Å². The Bertz CT molecular complexity index is 378. The Morgan fingerprint density at radius 1 is 1.22 bits per heavy atom. The minimum Gasteiger partial charge on any atom is -0.493 e. The van der Waals surface area contributed by atoms with Crippen LogP contribution in [-0.2, 0) is 0 Å². The Kier molecular flexibility index (Phi) is 5.48. The van der Waals surface area contributed by atoms with Gasteiger partial charge in [-0.3, -0.25) is 0 Å². The van der Waals surface area contributed by atoms with E-state index in [1.165, 1.54) is 0 Å². The van der Waals surface area contributed by atoms with Gasteiger partial charge in [0.2, 0.25) is 0 Å². The molecular weight excluding hydrogens is 246 g/mol. The quantitative estimate of drug-likeness (QED) is 0.844. The van der Waals surface area contributed by atoms with Gasteiger partial charge in [0.05, 0.1) is 6.61 Å². The molecule has 0 unspecified atom stereocenters. The van der Waals surface area contributed by atoms with Crippen LogP contribution in [0.15, 0.2) is 12.1 Å². The maximum absolute atomic E-state index is 6.14. The zero-order chi connectivity index (χ0) is 13.8. The number of ether oxygens (including phenoxy) is 1. The Balaban J connectivity index is 2.63. The highest BCUT2D eigenvalue weighted by atomic mass is 35.5. The molecule has 1 rings (SSSR count). The van der Waals surface area contributed by atoms with E-state index in [-0.39, 0.29) is 5.41 Å². The summed E-state index contributed by atoms with van der Waals surface area (Å²) in [4.78, 5) is 0. The summed E-state index contributed by atoms with van der Waals surface area (Å²) in [6, 6.07) is 4.00. The summed E-state index contributed by atoms with van der Waals surface area (Å²) in [5, 5.41) is 4.18. The Morgan fingerprint density at radius 2 is 1.78 bits per heavy atom. The van der Waals surface area contributed by atoms with E-state index in [1.807, 2.05) is 26.0 Å². The van der Waals surface area contributed by atoms with Crippen LogP contribution in [0, 0.1) is 19.3 Å². The fourth-order valence-electron chi connectivity index (χ4n) is 1.78. The molecular formula is C15H24ClNO. The molecule has 0 saturated heterocycles. The minimum atomic E-state index is 0.122. The summed E-state index contributed by atoms with van der Waals surface area (Å²) in [6.07, 6.45) is 0. The molecule has 0 amide bonds. The molecule has 0 spiro atoms. The summed E-state index contributed by atoms with van der Waals surface area (Å²) in [7, 11) is 0. The zero-order valence-electron chi connectivity index (χ0n) is 12.1. The lowest BCUT2D eigenvalue weighted by molar-refractivity contribution is 0.177. The highest BCUT2D eigenvalue weighted by Crippen LogP contribution is 2.27. The first-order valence-electron chi connectivity index (χ1n) is 6.46. The van der Waals surface area contributed by atoms with Gasteiger partial charge in [0.15, 0.2) is 0 Å². The third-order valence-electron chi connectivity index (χ3n) is 2.89. The van der Waals surface area contributed by atoms with Gasteiger partial charge in [-0.2, -0.15) is 0 Å². The number of aryl methyl sites for hydroxylation is 2. The maximum Gasteiger partial charge on any atom is 0.119 e. The van der Waals surface area contributed by atoms with Crippen molar-refractivity contribution in [1.29, 1.82) is 0 Å². The first-order chi connectivity index (χ1) is 8.35. The van der Waals surface area contributed by atoms with Crippen LogP contribution in [0.4, 0.5) is 0 Å². The molecule has 0 aromatic heterocycles. The van der Waals surface area contributed by atoms with Crippen LogP contribution >= 0.6 is 11.6 Å². The van der Waals surface area contributed by atoms with Gasteiger partial charge in [-0.05, 0) is 43.7 Å². The summed E-state index contributed by atoms with van der Waals surface area (Å²) >= 11 is 6.14. The number of benzene rings is 1. The smallest absolute Gasteiger partial charge is 0.119 e. The Morgan fingerprint density at radius 3 is 2.28 bits per heavy atom. The Hall–Kier alpha value is -0.730. The van der Waals surface area contributed by atoms with Crippen molar-refractivity contribution < 1.29 is 4.74 Å². The topological polar surface area (TPSA) is 21.3 Å². The lowest BCUT2D eigenvalue weighted by Gasteiger charge is -2.25. The number of halogens is 1. The molecule has 1 aromatic carbocycles. The molecule has 0 fully saturated rings. The summed E-state index contributed by atoms with van der Waals surface area (Å²) in [6.45, 7) is 13.2. The summed E-state index contributed by atoms with van der Waals surface area (Å²) in [5.74, 6) is 0.902. The van der Waals surface area contributed by atoms with Crippen LogP contribution in [-0.4, -0.2) is 19.7 Å². The third kappa shape index (κ3) is 4.51. The van der Waals surface area contributed by atoms with E-state index in [0.717, 1.165) is 35.0 Å². The van der Waals surface area contributed by atoms with Gasteiger partial charge in [-0.1, -0.05) is 32.4 Å². The van der Waals surface area contributed by atoms with E-state index in [1.54, 1.807) is 0 Å². The van der Waals surface area contributed by atoms with E-state index in [9.17, 15) is 0 Å². The molecule has 0 atom stereocenters. The molecule has 0 bridgehead atoms. The fraction of sp³-hybridized carbons (Fsp3) is 0.600. The van der Waals surface area contributed by atoms with E-state index < -0.39 is 0 Å². The lowest BCUT2D eigenvalue weighted by Crippen LogP contribution is -2.34. The summed E-state index contributed by atoms with van der Waals surface area (Å²) in [5.41, 5.74) is 2.25. The second-order valence-corrected chi connectivity index (χ2v) is 5.98. The van der Waals surface area contributed by atoms with Crippen LogP contribution < -0.4 is 10.1 Å². The van der Waals surface area contributed by atoms with Gasteiger partial charge < -0.3 is 10.1 Å². The minimum absolute atomic E-state index is 0.122. The second-order valence-electron chi connectivity index (χ2n) is 5.60. The van der Waals surface area contributed by atoms with Crippen molar-refractivity contribution in [2.45, 2.75) is 34.6 Å². The van der Waals surface area contributed by atoms with E-state index in [0.29, 0.717) is 6.61 Å². The van der Waals surface area contributed by atoms with Gasteiger partial charge in [0, 0.05) is 17.0 Å². The first-order valence-corrected chi connectivity index (χ1v) is 6.84. The second kappa shape index (κ2) is 6.44. The molecule has 3 heteroatoms. The number of hydrogen-bond acceptors (Lipinski definition) is 2. The van der Waals surface area contributed by atoms with Gasteiger partial charge in [-0.25, -0.2) is 0 Å². The Labute approximate surface area is 116 Å². The van der Waals surface area contributed by atoms with Crippen LogP contribution in [0.5, 0.6) is 5.75 Å². The fourth-order valence-corrected chi connectivity index (χ4v) is 1.89. The zero-order valence-corrected chi connectivity index (χ0v) is 12.8. The van der Waals surface area contributed by atoms with Crippen molar-refractivity contribution in [2.24, 2.45) is 5.41 Å². The van der Waals surface area contributed by atoms with Gasteiger partial charge >= 0.3 is 0 Å². The monoisotopic (exact) mass is 269 g/mol. The number of rotatable bonds is 6. The first kappa shape index (κ1) is 15.3.